The van der Waals surface area contributed by atoms with E-state index in [1.165, 1.54) is 7.11 Å². The predicted molar refractivity (Wildman–Crippen MR) is 114 cm³/mol. The zero-order valence-electron chi connectivity index (χ0n) is 18.5. The molecule has 1 saturated heterocycles. The Bertz CT molecular complexity index is 624. The van der Waals surface area contributed by atoms with E-state index in [4.69, 9.17) is 18.9 Å². The largest absolute Gasteiger partial charge is 0.469 e. The van der Waals surface area contributed by atoms with Crippen LogP contribution in [0.2, 0.25) is 0 Å². The molecule has 3 atom stereocenters. The summed E-state index contributed by atoms with van der Waals surface area (Å²) in [5.74, 6) is -0.181. The molecule has 0 aromatic heterocycles. The maximum atomic E-state index is 12.7. The number of hydrogen-bond donors (Lipinski definition) is 0. The molecular formula is C24H36O6. The third kappa shape index (κ3) is 8.84. The van der Waals surface area contributed by atoms with Crippen LogP contribution in [0.25, 0.3) is 0 Å². The summed E-state index contributed by atoms with van der Waals surface area (Å²) in [6.45, 7) is 5.02. The van der Waals surface area contributed by atoms with Crippen molar-refractivity contribution in [3.8, 4) is 0 Å². The summed E-state index contributed by atoms with van der Waals surface area (Å²) in [5, 5.41) is 0. The highest BCUT2D eigenvalue weighted by Crippen LogP contribution is 2.24. The fourth-order valence-electron chi connectivity index (χ4n) is 3.53. The van der Waals surface area contributed by atoms with Gasteiger partial charge in [-0.25, -0.2) is 4.79 Å². The van der Waals surface area contributed by atoms with E-state index in [-0.39, 0.29) is 12.7 Å². The van der Waals surface area contributed by atoms with Gasteiger partial charge in [-0.1, -0.05) is 44.9 Å². The highest BCUT2D eigenvalue weighted by atomic mass is 16.7. The van der Waals surface area contributed by atoms with Gasteiger partial charge in [0.05, 0.1) is 19.1 Å². The average molecular weight is 421 g/mol. The monoisotopic (exact) mass is 420 g/mol. The molecule has 1 aliphatic rings. The second-order valence-corrected chi connectivity index (χ2v) is 8.24. The minimum Gasteiger partial charge on any atom is -0.469 e. The minimum atomic E-state index is -0.604. The van der Waals surface area contributed by atoms with Crippen LogP contribution in [0, 0.1) is 5.92 Å². The van der Waals surface area contributed by atoms with Gasteiger partial charge in [-0.15, -0.1) is 0 Å². The molecule has 6 heteroatoms. The second kappa shape index (κ2) is 13.4. The molecule has 0 N–H and O–H groups in total. The summed E-state index contributed by atoms with van der Waals surface area (Å²) in [7, 11) is 1.35. The molecule has 0 bridgehead atoms. The van der Waals surface area contributed by atoms with Crippen molar-refractivity contribution >= 4 is 11.9 Å². The molecule has 30 heavy (non-hydrogen) atoms. The first-order valence-corrected chi connectivity index (χ1v) is 11.1. The molecule has 1 fully saturated rings. The Labute approximate surface area is 180 Å². The molecule has 1 heterocycles. The number of esters is 2. The smallest absolute Gasteiger partial charge is 0.338 e. The number of benzene rings is 1. The maximum Gasteiger partial charge on any atom is 0.338 e. The summed E-state index contributed by atoms with van der Waals surface area (Å²) in [6, 6.07) is 8.89. The highest BCUT2D eigenvalue weighted by Gasteiger charge is 2.32. The van der Waals surface area contributed by atoms with Crippen molar-refractivity contribution < 1.29 is 28.5 Å². The van der Waals surface area contributed by atoms with Crippen LogP contribution in [0.15, 0.2) is 30.3 Å². The van der Waals surface area contributed by atoms with Gasteiger partial charge in [-0.2, -0.15) is 0 Å². The molecule has 168 valence electrons. The van der Waals surface area contributed by atoms with Gasteiger partial charge < -0.3 is 18.9 Å². The first-order valence-electron chi connectivity index (χ1n) is 11.1. The van der Waals surface area contributed by atoms with Crippen LogP contribution < -0.4 is 0 Å². The van der Waals surface area contributed by atoms with E-state index >= 15 is 0 Å². The van der Waals surface area contributed by atoms with E-state index in [1.807, 2.05) is 6.07 Å². The van der Waals surface area contributed by atoms with Gasteiger partial charge >= 0.3 is 11.9 Å². The summed E-state index contributed by atoms with van der Waals surface area (Å²) >= 11 is 0. The summed E-state index contributed by atoms with van der Waals surface area (Å²) in [6.07, 6.45) is 4.91. The van der Waals surface area contributed by atoms with E-state index in [0.29, 0.717) is 24.5 Å². The molecule has 1 aromatic carbocycles. The van der Waals surface area contributed by atoms with Crippen LogP contribution in [0.5, 0.6) is 0 Å². The molecular weight excluding hydrogens is 384 g/mol. The Kier molecular flexibility index (Phi) is 10.9. The Morgan fingerprint density at radius 3 is 2.43 bits per heavy atom. The van der Waals surface area contributed by atoms with E-state index in [2.05, 4.69) is 13.8 Å². The molecule has 0 aliphatic carbocycles. The number of unbranched alkanes of at least 4 members (excludes halogenated alkanes) is 1. The first kappa shape index (κ1) is 24.4. The molecule has 1 unspecified atom stereocenters. The quantitative estimate of drug-likeness (QED) is 0.354. The molecule has 0 spiro atoms. The number of methoxy groups -OCH3 is 1. The van der Waals surface area contributed by atoms with E-state index in [9.17, 15) is 9.59 Å². The van der Waals surface area contributed by atoms with E-state index in [0.717, 1.165) is 38.5 Å². The lowest BCUT2D eigenvalue weighted by atomic mass is 10.00. The standard InChI is InChI=1S/C24H36O6/c1-18(2)11-7-8-14-20(30-24(26)19-12-5-4-6-13-19)21(17-22(25)27-3)29-23-15-9-10-16-28-23/h4-6,12-13,18,20-21,23H,7-11,14-17H2,1-3H3/t20-,21-,23?/m0/s1. The van der Waals surface area contributed by atoms with Gasteiger partial charge in [0, 0.05) is 6.61 Å². The zero-order chi connectivity index (χ0) is 21.8. The number of ether oxygens (including phenoxy) is 4. The predicted octanol–water partition coefficient (Wildman–Crippen LogP) is 4.90. The Morgan fingerprint density at radius 1 is 1.07 bits per heavy atom. The van der Waals surface area contributed by atoms with Gasteiger partial charge in [0.2, 0.25) is 0 Å². The van der Waals surface area contributed by atoms with Crippen LogP contribution in [-0.2, 0) is 23.7 Å². The first-order chi connectivity index (χ1) is 14.5. The van der Waals surface area contributed by atoms with Crippen LogP contribution >= 0.6 is 0 Å². The average Bonchev–Trinajstić information content (AvgIpc) is 2.76. The lowest BCUT2D eigenvalue weighted by Crippen LogP contribution is -2.40. The van der Waals surface area contributed by atoms with Gasteiger partial charge in [0.15, 0.2) is 6.29 Å². The van der Waals surface area contributed by atoms with Gasteiger partial charge in [0.1, 0.15) is 12.2 Å². The van der Waals surface area contributed by atoms with Crippen LogP contribution in [0.3, 0.4) is 0 Å². The summed E-state index contributed by atoms with van der Waals surface area (Å²) in [4.78, 5) is 24.8. The van der Waals surface area contributed by atoms with Crippen molar-refractivity contribution in [2.24, 2.45) is 5.92 Å². The molecule has 2 rings (SSSR count). The van der Waals surface area contributed by atoms with Gasteiger partial charge in [0.25, 0.3) is 0 Å². The van der Waals surface area contributed by atoms with Crippen molar-refractivity contribution in [1.29, 1.82) is 0 Å². The number of hydrogen-bond acceptors (Lipinski definition) is 6. The molecule has 1 aliphatic heterocycles. The Hall–Kier alpha value is -1.92. The SMILES string of the molecule is COC(=O)C[C@H](OC1CCCCO1)[C@H](CCCCC(C)C)OC(=O)c1ccccc1. The summed E-state index contributed by atoms with van der Waals surface area (Å²) in [5.41, 5.74) is 0.482. The van der Waals surface area contributed by atoms with Crippen molar-refractivity contribution in [3.05, 3.63) is 35.9 Å². The van der Waals surface area contributed by atoms with Crippen molar-refractivity contribution in [1.82, 2.24) is 0 Å². The molecule has 0 radical (unpaired) electrons. The topological polar surface area (TPSA) is 71.1 Å². The maximum absolute atomic E-state index is 12.7. The third-order valence-corrected chi connectivity index (χ3v) is 5.26. The summed E-state index contributed by atoms with van der Waals surface area (Å²) < 4.78 is 22.6. The lowest BCUT2D eigenvalue weighted by Gasteiger charge is -2.32. The lowest BCUT2D eigenvalue weighted by molar-refractivity contribution is -0.211. The second-order valence-electron chi connectivity index (χ2n) is 8.24. The fraction of sp³-hybridized carbons (Fsp3) is 0.667. The van der Waals surface area contributed by atoms with E-state index < -0.39 is 24.1 Å². The van der Waals surface area contributed by atoms with Crippen LogP contribution in [-0.4, -0.2) is 44.2 Å². The van der Waals surface area contributed by atoms with Gasteiger partial charge in [-0.05, 0) is 50.2 Å². The third-order valence-electron chi connectivity index (χ3n) is 5.26. The minimum absolute atomic E-state index is 0.0211. The van der Waals surface area contributed by atoms with Crippen molar-refractivity contribution in [2.75, 3.05) is 13.7 Å². The number of rotatable bonds is 12. The van der Waals surface area contributed by atoms with Gasteiger partial charge in [-0.3, -0.25) is 4.79 Å². The van der Waals surface area contributed by atoms with Crippen LogP contribution in [0.4, 0.5) is 0 Å². The Balaban J connectivity index is 2.11. The highest BCUT2D eigenvalue weighted by molar-refractivity contribution is 5.89. The number of carbonyl (C=O) groups is 2. The van der Waals surface area contributed by atoms with Crippen LogP contribution in [0.1, 0.15) is 75.6 Å². The molecule has 0 saturated carbocycles. The van der Waals surface area contributed by atoms with E-state index in [1.54, 1.807) is 24.3 Å². The molecule has 1 aromatic rings. The molecule has 0 amide bonds. The fourth-order valence-corrected chi connectivity index (χ4v) is 3.53. The molecule has 6 nitrogen and oxygen atoms in total. The normalized spacial score (nSPS) is 18.6. The Morgan fingerprint density at radius 2 is 1.80 bits per heavy atom. The zero-order valence-corrected chi connectivity index (χ0v) is 18.5. The number of carbonyl (C=O) groups excluding carboxylic acids is 2. The van der Waals surface area contributed by atoms with Crippen molar-refractivity contribution in [3.63, 3.8) is 0 Å². The van der Waals surface area contributed by atoms with Crippen molar-refractivity contribution in [2.45, 2.75) is 83.7 Å².